The van der Waals surface area contributed by atoms with E-state index in [1.807, 2.05) is 36.1 Å². The van der Waals surface area contributed by atoms with Crippen molar-refractivity contribution < 1.29 is 14.3 Å². The molecule has 1 N–H and O–H groups in total. The summed E-state index contributed by atoms with van der Waals surface area (Å²) in [5, 5.41) is 2.90. The highest BCUT2D eigenvalue weighted by Crippen LogP contribution is 2.26. The van der Waals surface area contributed by atoms with Crippen LogP contribution in [-0.4, -0.2) is 46.9 Å². The second-order valence-electron chi connectivity index (χ2n) is 7.00. The van der Waals surface area contributed by atoms with Crippen molar-refractivity contribution in [3.8, 4) is 5.75 Å². The molecule has 3 rings (SSSR count). The number of piperidine rings is 1. The normalized spacial score (nSPS) is 14.6. The molecule has 1 aliphatic heterocycles. The first-order chi connectivity index (χ1) is 13.5. The summed E-state index contributed by atoms with van der Waals surface area (Å²) in [5.41, 5.74) is 2.04. The fourth-order valence-electron chi connectivity index (χ4n) is 3.48. The Morgan fingerprint density at radius 1 is 1.25 bits per heavy atom. The predicted molar refractivity (Wildman–Crippen MR) is 105 cm³/mol. The summed E-state index contributed by atoms with van der Waals surface area (Å²) in [4.78, 5) is 34.9. The van der Waals surface area contributed by atoms with Crippen LogP contribution in [0.5, 0.6) is 5.75 Å². The summed E-state index contributed by atoms with van der Waals surface area (Å²) < 4.78 is 5.31. The van der Waals surface area contributed by atoms with E-state index in [9.17, 15) is 9.59 Å². The number of hydrogen-bond acceptors (Lipinski definition) is 5. The Balaban J connectivity index is 1.64. The lowest BCUT2D eigenvalue weighted by atomic mass is 9.95. The molecule has 0 bridgehead atoms. The number of amides is 2. The number of rotatable bonds is 5. The Hall–Kier alpha value is -2.96. The minimum Gasteiger partial charge on any atom is -0.496 e. The molecule has 2 heterocycles. The van der Waals surface area contributed by atoms with Gasteiger partial charge >= 0.3 is 0 Å². The van der Waals surface area contributed by atoms with Crippen molar-refractivity contribution in [2.45, 2.75) is 39.2 Å². The number of para-hydroxylation sites is 1. The molecule has 0 spiro atoms. The Labute approximate surface area is 165 Å². The molecule has 0 unspecified atom stereocenters. The van der Waals surface area contributed by atoms with Gasteiger partial charge in [-0.15, -0.1) is 0 Å². The maximum atomic E-state index is 12.6. The largest absolute Gasteiger partial charge is 0.496 e. The average molecular weight is 382 g/mol. The smallest absolute Gasteiger partial charge is 0.254 e. The van der Waals surface area contributed by atoms with E-state index in [0.29, 0.717) is 17.8 Å². The fraction of sp³-hybridized carbons (Fsp3) is 0.429. The van der Waals surface area contributed by atoms with Crippen LogP contribution in [0.25, 0.3) is 0 Å². The Bertz CT molecular complexity index is 860. The lowest BCUT2D eigenvalue weighted by Gasteiger charge is -2.30. The van der Waals surface area contributed by atoms with Crippen molar-refractivity contribution in [3.05, 3.63) is 53.1 Å². The molecule has 0 radical (unpaired) electrons. The van der Waals surface area contributed by atoms with Crippen LogP contribution in [0, 0.1) is 6.92 Å². The zero-order valence-corrected chi connectivity index (χ0v) is 16.6. The fourth-order valence-corrected chi connectivity index (χ4v) is 3.48. The topological polar surface area (TPSA) is 84.4 Å². The van der Waals surface area contributed by atoms with Gasteiger partial charge in [-0.05, 0) is 25.8 Å². The van der Waals surface area contributed by atoms with Gasteiger partial charge in [0.15, 0.2) is 0 Å². The van der Waals surface area contributed by atoms with E-state index in [1.54, 1.807) is 20.2 Å². The number of hydrogen-bond donors (Lipinski definition) is 1. The monoisotopic (exact) mass is 382 g/mol. The van der Waals surface area contributed by atoms with Crippen molar-refractivity contribution in [2.75, 3.05) is 20.2 Å². The van der Waals surface area contributed by atoms with Crippen LogP contribution in [0.15, 0.2) is 30.5 Å². The van der Waals surface area contributed by atoms with Crippen molar-refractivity contribution in [1.29, 1.82) is 0 Å². The molecule has 7 heteroatoms. The number of ether oxygens (including phenoxy) is 1. The first kappa shape index (κ1) is 19.8. The van der Waals surface area contributed by atoms with Crippen molar-refractivity contribution in [3.63, 3.8) is 0 Å². The van der Waals surface area contributed by atoms with Crippen LogP contribution in [0.3, 0.4) is 0 Å². The van der Waals surface area contributed by atoms with E-state index in [0.717, 1.165) is 43.1 Å². The number of aromatic nitrogens is 2. The molecule has 1 fully saturated rings. The van der Waals surface area contributed by atoms with Crippen molar-refractivity contribution in [2.24, 2.45) is 0 Å². The summed E-state index contributed by atoms with van der Waals surface area (Å²) in [5.74, 6) is 1.61. The highest BCUT2D eigenvalue weighted by Gasteiger charge is 2.24. The number of nitrogens with one attached hydrogen (secondary N) is 1. The summed E-state index contributed by atoms with van der Waals surface area (Å²) in [7, 11) is 1.61. The molecule has 1 aromatic carbocycles. The van der Waals surface area contributed by atoms with Gasteiger partial charge < -0.3 is 15.0 Å². The summed E-state index contributed by atoms with van der Waals surface area (Å²) in [6.45, 7) is 5.24. The number of aryl methyl sites for hydroxylation is 1. The molecule has 7 nitrogen and oxygen atoms in total. The Morgan fingerprint density at radius 2 is 1.96 bits per heavy atom. The predicted octanol–water partition coefficient (Wildman–Crippen LogP) is 2.45. The first-order valence-electron chi connectivity index (χ1n) is 9.48. The highest BCUT2D eigenvalue weighted by molar-refractivity contribution is 5.94. The standard InChI is InChI=1S/C21H26N4O3/c1-14-18(21(27)23-12-17-6-4-5-7-19(17)28-3)13-22-20(24-14)16-8-10-25(11-9-16)15(2)26/h4-7,13,16H,8-12H2,1-3H3,(H,23,27). The molecule has 2 aromatic rings. The third kappa shape index (κ3) is 4.47. The zero-order valence-electron chi connectivity index (χ0n) is 16.6. The second kappa shape index (κ2) is 8.82. The summed E-state index contributed by atoms with van der Waals surface area (Å²) >= 11 is 0. The van der Waals surface area contributed by atoms with Gasteiger partial charge in [-0.1, -0.05) is 18.2 Å². The highest BCUT2D eigenvalue weighted by atomic mass is 16.5. The molecular formula is C21H26N4O3. The van der Waals surface area contributed by atoms with E-state index in [4.69, 9.17) is 4.74 Å². The van der Waals surface area contributed by atoms with Crippen LogP contribution < -0.4 is 10.1 Å². The molecule has 0 saturated carbocycles. The van der Waals surface area contributed by atoms with Gasteiger partial charge in [-0.25, -0.2) is 9.97 Å². The van der Waals surface area contributed by atoms with Gasteiger partial charge in [0, 0.05) is 44.2 Å². The molecular weight excluding hydrogens is 356 g/mol. The van der Waals surface area contributed by atoms with Crippen LogP contribution in [0.1, 0.15) is 53.1 Å². The van der Waals surface area contributed by atoms with E-state index in [2.05, 4.69) is 15.3 Å². The number of methoxy groups -OCH3 is 1. The molecule has 1 aliphatic rings. The molecule has 1 saturated heterocycles. The van der Waals surface area contributed by atoms with E-state index < -0.39 is 0 Å². The third-order valence-corrected chi connectivity index (χ3v) is 5.18. The van der Waals surface area contributed by atoms with Gasteiger partial charge in [-0.2, -0.15) is 0 Å². The molecule has 0 atom stereocenters. The minimum absolute atomic E-state index is 0.109. The van der Waals surface area contributed by atoms with Crippen LogP contribution in [0.4, 0.5) is 0 Å². The third-order valence-electron chi connectivity index (χ3n) is 5.18. The number of likely N-dealkylation sites (tertiary alicyclic amines) is 1. The quantitative estimate of drug-likeness (QED) is 0.859. The molecule has 148 valence electrons. The van der Waals surface area contributed by atoms with Gasteiger partial charge in [0.05, 0.1) is 18.4 Å². The first-order valence-corrected chi connectivity index (χ1v) is 9.48. The second-order valence-corrected chi connectivity index (χ2v) is 7.00. The van der Waals surface area contributed by atoms with Crippen molar-refractivity contribution >= 4 is 11.8 Å². The molecule has 2 amide bonds. The van der Waals surface area contributed by atoms with Crippen LogP contribution in [0.2, 0.25) is 0 Å². The van der Waals surface area contributed by atoms with Gasteiger partial charge in [0.1, 0.15) is 11.6 Å². The van der Waals surface area contributed by atoms with Gasteiger partial charge in [0.2, 0.25) is 5.91 Å². The van der Waals surface area contributed by atoms with Crippen LogP contribution in [-0.2, 0) is 11.3 Å². The van der Waals surface area contributed by atoms with Gasteiger partial charge in [0.25, 0.3) is 5.91 Å². The number of carbonyl (C=O) groups excluding carboxylic acids is 2. The van der Waals surface area contributed by atoms with Crippen LogP contribution >= 0.6 is 0 Å². The summed E-state index contributed by atoms with van der Waals surface area (Å²) in [6, 6.07) is 7.58. The van der Waals surface area contributed by atoms with Gasteiger partial charge in [-0.3, -0.25) is 9.59 Å². The Morgan fingerprint density at radius 3 is 2.61 bits per heavy atom. The zero-order chi connectivity index (χ0) is 20.1. The lowest BCUT2D eigenvalue weighted by molar-refractivity contribution is -0.129. The SMILES string of the molecule is COc1ccccc1CNC(=O)c1cnc(C2CCN(C(C)=O)CC2)nc1C. The lowest BCUT2D eigenvalue weighted by Crippen LogP contribution is -2.36. The number of nitrogens with zero attached hydrogens (tertiary/aromatic N) is 3. The maximum absolute atomic E-state index is 12.6. The average Bonchev–Trinajstić information content (AvgIpc) is 2.72. The maximum Gasteiger partial charge on any atom is 0.254 e. The Kier molecular flexibility index (Phi) is 6.23. The summed E-state index contributed by atoms with van der Waals surface area (Å²) in [6.07, 6.45) is 3.29. The van der Waals surface area contributed by atoms with Crippen molar-refractivity contribution in [1.82, 2.24) is 20.2 Å². The molecule has 28 heavy (non-hydrogen) atoms. The molecule has 1 aromatic heterocycles. The van der Waals surface area contributed by atoms with E-state index in [1.165, 1.54) is 0 Å². The number of carbonyl (C=O) groups is 2. The minimum atomic E-state index is -0.207. The van der Waals surface area contributed by atoms with E-state index in [-0.39, 0.29) is 17.7 Å². The van der Waals surface area contributed by atoms with E-state index >= 15 is 0 Å². The molecule has 0 aliphatic carbocycles. The number of benzene rings is 1.